The topological polar surface area (TPSA) is 62.5 Å². The fraction of sp³-hybridized carbons (Fsp3) is 0.526. The number of carbonyl (C=O) groups is 1. The molecule has 25 heavy (non-hydrogen) atoms. The van der Waals surface area contributed by atoms with Crippen molar-refractivity contribution >= 4 is 5.91 Å². The Morgan fingerprint density at radius 1 is 1.28 bits per heavy atom. The van der Waals surface area contributed by atoms with Crippen LogP contribution in [-0.2, 0) is 17.8 Å². The van der Waals surface area contributed by atoms with Gasteiger partial charge in [-0.2, -0.15) is 0 Å². The second kappa shape index (κ2) is 7.78. The number of piperidine rings is 1. The highest BCUT2D eigenvalue weighted by atomic mass is 16.4. The maximum atomic E-state index is 12.9. The summed E-state index contributed by atoms with van der Waals surface area (Å²) in [5, 5.41) is 8.34. The summed E-state index contributed by atoms with van der Waals surface area (Å²) < 4.78 is 5.83. The number of carbonyl (C=O) groups excluding carboxylic acids is 1. The lowest BCUT2D eigenvalue weighted by Crippen LogP contribution is -2.39. The molecule has 0 spiro atoms. The Morgan fingerprint density at radius 2 is 2.08 bits per heavy atom. The van der Waals surface area contributed by atoms with Gasteiger partial charge in [0, 0.05) is 6.54 Å². The zero-order chi connectivity index (χ0) is 17.8. The van der Waals surface area contributed by atoms with E-state index in [0.29, 0.717) is 24.7 Å². The smallest absolute Gasteiger partial charge is 0.239 e. The quantitative estimate of drug-likeness (QED) is 0.836. The summed E-state index contributed by atoms with van der Waals surface area (Å²) in [6.45, 7) is 3.40. The Labute approximate surface area is 148 Å². The van der Waals surface area contributed by atoms with Gasteiger partial charge in [0.2, 0.25) is 17.7 Å². The fourth-order valence-corrected chi connectivity index (χ4v) is 3.30. The van der Waals surface area contributed by atoms with Crippen LogP contribution in [0.15, 0.2) is 28.7 Å². The van der Waals surface area contributed by atoms with Gasteiger partial charge < -0.3 is 14.2 Å². The van der Waals surface area contributed by atoms with Crippen molar-refractivity contribution < 1.29 is 9.21 Å². The molecule has 1 aliphatic heterocycles. The molecule has 6 heteroatoms. The monoisotopic (exact) mass is 342 g/mol. The molecule has 1 atom stereocenters. The van der Waals surface area contributed by atoms with Gasteiger partial charge in [-0.05, 0) is 51.4 Å². The molecule has 1 aromatic heterocycles. The molecule has 134 valence electrons. The SMILES string of the molecule is Cc1ccccc1CC(=O)N1CCCC[C@H]1c1nnc(CN(C)C)o1. The van der Waals surface area contributed by atoms with Crippen LogP contribution in [0.3, 0.4) is 0 Å². The van der Waals surface area contributed by atoms with Crippen molar-refractivity contribution in [3.8, 4) is 0 Å². The van der Waals surface area contributed by atoms with Gasteiger partial charge in [-0.25, -0.2) is 0 Å². The molecule has 6 nitrogen and oxygen atoms in total. The summed E-state index contributed by atoms with van der Waals surface area (Å²) in [4.78, 5) is 16.8. The Balaban J connectivity index is 1.75. The van der Waals surface area contributed by atoms with E-state index in [4.69, 9.17) is 4.42 Å². The molecule has 0 aliphatic carbocycles. The number of hydrogen-bond donors (Lipinski definition) is 0. The average molecular weight is 342 g/mol. The maximum Gasteiger partial charge on any atom is 0.239 e. The summed E-state index contributed by atoms with van der Waals surface area (Å²) in [7, 11) is 3.92. The maximum absolute atomic E-state index is 12.9. The van der Waals surface area contributed by atoms with Crippen LogP contribution in [0.4, 0.5) is 0 Å². The fourth-order valence-electron chi connectivity index (χ4n) is 3.30. The van der Waals surface area contributed by atoms with Crippen LogP contribution >= 0.6 is 0 Å². The summed E-state index contributed by atoms with van der Waals surface area (Å²) in [6.07, 6.45) is 3.39. The van der Waals surface area contributed by atoms with Crippen LogP contribution in [0.1, 0.15) is 48.2 Å². The lowest BCUT2D eigenvalue weighted by atomic mass is 9.99. The predicted octanol–water partition coefficient (Wildman–Crippen LogP) is 2.74. The largest absolute Gasteiger partial charge is 0.422 e. The van der Waals surface area contributed by atoms with E-state index in [2.05, 4.69) is 10.2 Å². The molecule has 2 heterocycles. The molecule has 3 rings (SSSR count). The molecule has 0 radical (unpaired) electrons. The van der Waals surface area contributed by atoms with E-state index in [1.807, 2.05) is 55.1 Å². The number of benzene rings is 1. The first kappa shape index (κ1) is 17.6. The third kappa shape index (κ3) is 4.25. The summed E-state index contributed by atoms with van der Waals surface area (Å²) >= 11 is 0. The zero-order valence-corrected chi connectivity index (χ0v) is 15.2. The molecule has 1 aromatic carbocycles. The third-order valence-electron chi connectivity index (χ3n) is 4.65. The van der Waals surface area contributed by atoms with Crippen LogP contribution in [-0.4, -0.2) is 46.5 Å². The first-order valence-corrected chi connectivity index (χ1v) is 8.85. The molecule has 2 aromatic rings. The molecule has 1 fully saturated rings. The van der Waals surface area contributed by atoms with E-state index in [9.17, 15) is 4.79 Å². The highest BCUT2D eigenvalue weighted by molar-refractivity contribution is 5.79. The molecular formula is C19H26N4O2. The molecule has 0 saturated carbocycles. The van der Waals surface area contributed by atoms with Crippen molar-refractivity contribution in [3.63, 3.8) is 0 Å². The number of nitrogens with zero attached hydrogens (tertiary/aromatic N) is 4. The van der Waals surface area contributed by atoms with Crippen molar-refractivity contribution in [2.75, 3.05) is 20.6 Å². The highest BCUT2D eigenvalue weighted by Gasteiger charge is 2.32. The molecule has 0 N–H and O–H groups in total. The van der Waals surface area contributed by atoms with E-state index in [1.165, 1.54) is 0 Å². The van der Waals surface area contributed by atoms with Crippen molar-refractivity contribution in [1.29, 1.82) is 0 Å². The van der Waals surface area contributed by atoms with Gasteiger partial charge in [-0.15, -0.1) is 10.2 Å². The van der Waals surface area contributed by atoms with Crippen LogP contribution in [0.2, 0.25) is 0 Å². The minimum atomic E-state index is -0.103. The number of rotatable bonds is 5. The minimum Gasteiger partial charge on any atom is -0.422 e. The number of hydrogen-bond acceptors (Lipinski definition) is 5. The normalized spacial score (nSPS) is 17.9. The van der Waals surface area contributed by atoms with E-state index in [0.717, 1.165) is 36.9 Å². The van der Waals surface area contributed by atoms with E-state index in [-0.39, 0.29) is 11.9 Å². The first-order chi connectivity index (χ1) is 12.0. The van der Waals surface area contributed by atoms with Gasteiger partial charge in [0.05, 0.1) is 13.0 Å². The molecule has 0 bridgehead atoms. The molecule has 1 aliphatic rings. The van der Waals surface area contributed by atoms with Gasteiger partial charge >= 0.3 is 0 Å². The zero-order valence-electron chi connectivity index (χ0n) is 15.2. The van der Waals surface area contributed by atoms with Gasteiger partial charge in [-0.1, -0.05) is 24.3 Å². The van der Waals surface area contributed by atoms with Gasteiger partial charge in [0.15, 0.2) is 0 Å². The molecule has 0 unspecified atom stereocenters. The van der Waals surface area contributed by atoms with Crippen molar-refractivity contribution in [3.05, 3.63) is 47.2 Å². The average Bonchev–Trinajstić information content (AvgIpc) is 3.04. The predicted molar refractivity (Wildman–Crippen MR) is 94.9 cm³/mol. The number of aromatic nitrogens is 2. The molecule has 1 saturated heterocycles. The molecular weight excluding hydrogens is 316 g/mol. The summed E-state index contributed by atoms with van der Waals surface area (Å²) in [6, 6.07) is 7.94. The number of likely N-dealkylation sites (tertiary alicyclic amines) is 1. The van der Waals surface area contributed by atoms with Crippen LogP contribution < -0.4 is 0 Å². The Morgan fingerprint density at radius 3 is 2.84 bits per heavy atom. The number of amides is 1. The lowest BCUT2D eigenvalue weighted by Gasteiger charge is -2.33. The van der Waals surface area contributed by atoms with Gasteiger partial charge in [-0.3, -0.25) is 4.79 Å². The second-order valence-electron chi connectivity index (χ2n) is 6.97. The van der Waals surface area contributed by atoms with E-state index < -0.39 is 0 Å². The molecule has 1 amide bonds. The first-order valence-electron chi connectivity index (χ1n) is 8.85. The van der Waals surface area contributed by atoms with Crippen molar-refractivity contribution in [1.82, 2.24) is 20.0 Å². The van der Waals surface area contributed by atoms with E-state index in [1.54, 1.807) is 0 Å². The van der Waals surface area contributed by atoms with Gasteiger partial charge in [0.25, 0.3) is 0 Å². The lowest BCUT2D eigenvalue weighted by molar-refractivity contribution is -0.135. The van der Waals surface area contributed by atoms with Crippen LogP contribution in [0.5, 0.6) is 0 Å². The van der Waals surface area contributed by atoms with Gasteiger partial charge in [0.1, 0.15) is 6.04 Å². The third-order valence-corrected chi connectivity index (χ3v) is 4.65. The summed E-state index contributed by atoms with van der Waals surface area (Å²) in [5.41, 5.74) is 2.23. The van der Waals surface area contributed by atoms with Crippen LogP contribution in [0, 0.1) is 6.92 Å². The Hall–Kier alpha value is -2.21. The van der Waals surface area contributed by atoms with Crippen molar-refractivity contribution in [2.45, 2.75) is 45.2 Å². The summed E-state index contributed by atoms with van der Waals surface area (Å²) in [5.74, 6) is 1.29. The van der Waals surface area contributed by atoms with Crippen molar-refractivity contribution in [2.24, 2.45) is 0 Å². The van der Waals surface area contributed by atoms with E-state index >= 15 is 0 Å². The second-order valence-corrected chi connectivity index (χ2v) is 6.97. The Kier molecular flexibility index (Phi) is 5.48. The standard InChI is InChI=1S/C19H26N4O2/c1-14-8-4-5-9-15(14)12-18(24)23-11-7-6-10-16(23)19-21-20-17(25-19)13-22(2)3/h4-5,8-9,16H,6-7,10-13H2,1-3H3/t16-/m0/s1. The Bertz CT molecular complexity index is 726. The highest BCUT2D eigenvalue weighted by Crippen LogP contribution is 2.31. The number of aryl methyl sites for hydroxylation is 1. The van der Waals surface area contributed by atoms with Crippen LogP contribution in [0.25, 0.3) is 0 Å². The minimum absolute atomic E-state index is 0.103.